The van der Waals surface area contributed by atoms with Crippen LogP contribution in [0.3, 0.4) is 0 Å². The lowest BCUT2D eigenvalue weighted by Crippen LogP contribution is -2.51. The molecule has 0 spiro atoms. The highest BCUT2D eigenvalue weighted by Crippen LogP contribution is 2.67. The summed E-state index contributed by atoms with van der Waals surface area (Å²) in [6.45, 7) is 9.22. The van der Waals surface area contributed by atoms with Gasteiger partial charge >= 0.3 is 11.9 Å². The summed E-state index contributed by atoms with van der Waals surface area (Å²) >= 11 is 0. The van der Waals surface area contributed by atoms with E-state index in [2.05, 4.69) is 36.9 Å². The molecule has 0 heterocycles. The fraction of sp³-hybridized carbons (Fsp3) is 0.833. The number of hydrogen-bond acceptors (Lipinski definition) is 5. The van der Waals surface area contributed by atoms with Gasteiger partial charge in [-0.25, -0.2) is 0 Å². The third-order valence-electron chi connectivity index (χ3n) is 10.8. The second-order valence-electron chi connectivity index (χ2n) is 12.6. The molecule has 0 radical (unpaired) electrons. The molecule has 3 fully saturated rings. The first-order valence-electron chi connectivity index (χ1n) is 14.3. The van der Waals surface area contributed by atoms with Crippen molar-refractivity contribution in [1.29, 1.82) is 0 Å². The monoisotopic (exact) mass is 501 g/mol. The van der Waals surface area contributed by atoms with Gasteiger partial charge in [-0.3, -0.25) is 14.4 Å². The Hall–Kier alpha value is -1.85. The molecule has 6 heteroatoms. The van der Waals surface area contributed by atoms with Crippen molar-refractivity contribution < 1.29 is 23.9 Å². The zero-order chi connectivity index (χ0) is 26.1. The van der Waals surface area contributed by atoms with Crippen LogP contribution in [0.1, 0.15) is 98.3 Å². The van der Waals surface area contributed by atoms with Crippen LogP contribution < -0.4 is 5.32 Å². The van der Waals surface area contributed by atoms with Gasteiger partial charge in [0.1, 0.15) is 6.10 Å². The van der Waals surface area contributed by atoms with Crippen LogP contribution in [0.25, 0.3) is 0 Å². The molecule has 4 aliphatic rings. The maximum Gasteiger partial charge on any atom is 0.305 e. The number of amides is 1. The molecule has 1 unspecified atom stereocenters. The number of unbranched alkanes of at least 4 members (excludes halogenated alkanes) is 1. The first-order chi connectivity index (χ1) is 17.1. The summed E-state index contributed by atoms with van der Waals surface area (Å²) in [6.07, 6.45) is 13.4. The van der Waals surface area contributed by atoms with Gasteiger partial charge in [0.25, 0.3) is 0 Å². The van der Waals surface area contributed by atoms with Gasteiger partial charge in [0.2, 0.25) is 5.91 Å². The zero-order valence-corrected chi connectivity index (χ0v) is 23.1. The fourth-order valence-electron chi connectivity index (χ4n) is 8.88. The van der Waals surface area contributed by atoms with Crippen molar-refractivity contribution in [2.75, 3.05) is 13.7 Å². The molecule has 8 atom stereocenters. The lowest BCUT2D eigenvalue weighted by Gasteiger charge is -2.58. The number of esters is 2. The van der Waals surface area contributed by atoms with E-state index in [0.717, 1.165) is 44.9 Å². The SMILES string of the molecule is COC(=O)CCCCNC(=O)[C@@H](C)[C@H]1CC[C@H]2C3CC=C4C[C@@H](OC(C)=O)CC[C@]4(C)[C@H]3CC[C@]12C. The topological polar surface area (TPSA) is 81.7 Å². The third kappa shape index (κ3) is 5.11. The molecule has 36 heavy (non-hydrogen) atoms. The maximum absolute atomic E-state index is 13.1. The van der Waals surface area contributed by atoms with Gasteiger partial charge in [-0.1, -0.05) is 32.4 Å². The average molecular weight is 502 g/mol. The molecule has 3 saturated carbocycles. The molecule has 4 rings (SSSR count). The minimum absolute atomic E-state index is 0.0154. The highest BCUT2D eigenvalue weighted by atomic mass is 16.5. The summed E-state index contributed by atoms with van der Waals surface area (Å²) in [7, 11) is 1.41. The van der Waals surface area contributed by atoms with Crippen LogP contribution in [0.2, 0.25) is 0 Å². The van der Waals surface area contributed by atoms with E-state index in [0.29, 0.717) is 36.6 Å². The van der Waals surface area contributed by atoms with Crippen LogP contribution >= 0.6 is 0 Å². The van der Waals surface area contributed by atoms with Crippen molar-refractivity contribution in [2.24, 2.45) is 40.4 Å². The van der Waals surface area contributed by atoms with Crippen LogP contribution in [-0.2, 0) is 23.9 Å². The van der Waals surface area contributed by atoms with Crippen LogP contribution in [0, 0.1) is 40.4 Å². The molecular weight excluding hydrogens is 454 g/mol. The highest BCUT2D eigenvalue weighted by Gasteiger charge is 2.59. The molecule has 0 aromatic rings. The summed E-state index contributed by atoms with van der Waals surface area (Å²) in [5.74, 6) is 2.33. The predicted molar refractivity (Wildman–Crippen MR) is 139 cm³/mol. The molecule has 0 bridgehead atoms. The van der Waals surface area contributed by atoms with Gasteiger partial charge in [-0.15, -0.1) is 0 Å². The first kappa shape index (κ1) is 27.2. The van der Waals surface area contributed by atoms with Crippen molar-refractivity contribution in [2.45, 2.75) is 104 Å². The molecule has 4 aliphatic carbocycles. The Bertz CT molecular complexity index is 883. The second-order valence-corrected chi connectivity index (χ2v) is 12.6. The number of allylic oxidation sites excluding steroid dienone is 1. The Morgan fingerprint density at radius 2 is 1.86 bits per heavy atom. The Morgan fingerprint density at radius 3 is 2.58 bits per heavy atom. The van der Waals surface area contributed by atoms with Crippen LogP contribution in [0.4, 0.5) is 0 Å². The summed E-state index contributed by atoms with van der Waals surface area (Å²) in [6, 6.07) is 0. The van der Waals surface area contributed by atoms with E-state index < -0.39 is 0 Å². The molecule has 202 valence electrons. The maximum atomic E-state index is 13.1. The summed E-state index contributed by atoms with van der Waals surface area (Å²) in [5.41, 5.74) is 1.98. The number of rotatable bonds is 8. The van der Waals surface area contributed by atoms with Gasteiger partial charge in [-0.2, -0.15) is 0 Å². The summed E-state index contributed by atoms with van der Waals surface area (Å²) in [5, 5.41) is 3.14. The van der Waals surface area contributed by atoms with Gasteiger partial charge in [-0.05, 0) is 92.3 Å². The minimum atomic E-state index is -0.189. The van der Waals surface area contributed by atoms with Crippen molar-refractivity contribution in [3.8, 4) is 0 Å². The van der Waals surface area contributed by atoms with E-state index in [9.17, 15) is 14.4 Å². The summed E-state index contributed by atoms with van der Waals surface area (Å²) in [4.78, 5) is 35.9. The molecule has 0 aromatic carbocycles. The zero-order valence-electron chi connectivity index (χ0n) is 23.1. The molecule has 0 aliphatic heterocycles. The quantitative estimate of drug-likeness (QED) is 0.266. The Balaban J connectivity index is 1.37. The Labute approximate surface area is 217 Å². The number of nitrogens with one attached hydrogen (secondary N) is 1. The number of carbonyl (C=O) groups excluding carboxylic acids is 3. The Morgan fingerprint density at radius 1 is 1.08 bits per heavy atom. The average Bonchev–Trinajstić information content (AvgIpc) is 3.20. The van der Waals surface area contributed by atoms with Crippen molar-refractivity contribution in [3.05, 3.63) is 11.6 Å². The molecule has 0 aromatic heterocycles. The Kier molecular flexibility index (Phi) is 8.21. The molecule has 0 saturated heterocycles. The molecule has 1 N–H and O–H groups in total. The lowest BCUT2D eigenvalue weighted by atomic mass is 9.47. The van der Waals surface area contributed by atoms with Crippen molar-refractivity contribution in [3.63, 3.8) is 0 Å². The molecule has 1 amide bonds. The van der Waals surface area contributed by atoms with E-state index in [1.165, 1.54) is 38.9 Å². The van der Waals surface area contributed by atoms with Crippen LogP contribution in [0.5, 0.6) is 0 Å². The normalized spacial score (nSPS) is 38.0. The molecular formula is C30H47NO5. The second kappa shape index (κ2) is 10.9. The van der Waals surface area contributed by atoms with Crippen molar-refractivity contribution >= 4 is 17.8 Å². The van der Waals surface area contributed by atoms with E-state index >= 15 is 0 Å². The first-order valence-corrected chi connectivity index (χ1v) is 14.3. The fourth-order valence-corrected chi connectivity index (χ4v) is 8.88. The van der Waals surface area contributed by atoms with E-state index in [-0.39, 0.29) is 40.7 Å². The van der Waals surface area contributed by atoms with Gasteiger partial charge in [0.15, 0.2) is 0 Å². The van der Waals surface area contributed by atoms with Gasteiger partial charge in [0, 0.05) is 32.2 Å². The van der Waals surface area contributed by atoms with Gasteiger partial charge in [0.05, 0.1) is 7.11 Å². The highest BCUT2D eigenvalue weighted by molar-refractivity contribution is 5.78. The molecule has 6 nitrogen and oxygen atoms in total. The third-order valence-corrected chi connectivity index (χ3v) is 10.8. The largest absolute Gasteiger partial charge is 0.469 e. The number of methoxy groups -OCH3 is 1. The van der Waals surface area contributed by atoms with E-state index in [1.54, 1.807) is 0 Å². The van der Waals surface area contributed by atoms with Crippen molar-refractivity contribution in [1.82, 2.24) is 5.32 Å². The number of carbonyl (C=O) groups is 3. The van der Waals surface area contributed by atoms with Crippen LogP contribution in [-0.4, -0.2) is 37.6 Å². The lowest BCUT2D eigenvalue weighted by molar-refractivity contribution is -0.148. The summed E-state index contributed by atoms with van der Waals surface area (Å²) < 4.78 is 10.3. The number of hydrogen-bond donors (Lipinski definition) is 1. The van der Waals surface area contributed by atoms with E-state index in [4.69, 9.17) is 4.74 Å². The number of ether oxygens (including phenoxy) is 2. The standard InChI is InChI=1S/C30H47NO5/c1-19(28(34)31-17-7-6-8-27(33)35-5)24-11-12-25-23-10-9-21-18-22(36-20(2)32)13-15-29(21,3)26(23)14-16-30(24,25)4/h9,19,22-26H,6-8,10-18H2,1-5H3,(H,31,34)/t19-,22-,23?,24+,25-,26-,29-,30+/m0/s1. The minimum Gasteiger partial charge on any atom is -0.469 e. The van der Waals surface area contributed by atoms with Crippen LogP contribution in [0.15, 0.2) is 11.6 Å². The van der Waals surface area contributed by atoms with Gasteiger partial charge < -0.3 is 14.8 Å². The predicted octanol–water partition coefficient (Wildman–Crippen LogP) is 5.59. The van der Waals surface area contributed by atoms with E-state index in [1.807, 2.05) is 0 Å². The number of fused-ring (bicyclic) bond motifs is 5. The smallest absolute Gasteiger partial charge is 0.305 e.